The van der Waals surface area contributed by atoms with Gasteiger partial charge in [0.2, 0.25) is 12.7 Å². The van der Waals surface area contributed by atoms with Crippen molar-refractivity contribution in [2.45, 2.75) is 11.8 Å². The molecule has 1 aliphatic rings. The Labute approximate surface area is 201 Å². The fraction of sp³-hybridized carbons (Fsp3) is 0.125. The van der Waals surface area contributed by atoms with Crippen molar-refractivity contribution >= 4 is 34.3 Å². The number of thioether (sulfide) groups is 1. The first-order valence-electron chi connectivity index (χ1n) is 10.4. The van der Waals surface area contributed by atoms with Crippen molar-refractivity contribution in [3.05, 3.63) is 77.1 Å². The Bertz CT molecular complexity index is 1460. The van der Waals surface area contributed by atoms with E-state index >= 15 is 0 Å². The fourth-order valence-electron chi connectivity index (χ4n) is 3.51. The molecule has 0 radical (unpaired) electrons. The lowest BCUT2D eigenvalue weighted by Crippen LogP contribution is -2.23. The Morgan fingerprint density at radius 1 is 1.09 bits per heavy atom. The first-order chi connectivity index (χ1) is 17.0. The average Bonchev–Trinajstić information content (AvgIpc) is 3.31. The van der Waals surface area contributed by atoms with E-state index in [4.69, 9.17) is 9.47 Å². The third kappa shape index (κ3) is 4.90. The fourth-order valence-corrected chi connectivity index (χ4v) is 4.33. The van der Waals surface area contributed by atoms with Crippen LogP contribution in [-0.2, 0) is 4.79 Å². The third-order valence-corrected chi connectivity index (χ3v) is 5.99. The Kier molecular flexibility index (Phi) is 6.23. The highest BCUT2D eigenvalue weighted by molar-refractivity contribution is 7.99. The van der Waals surface area contributed by atoms with Crippen molar-refractivity contribution in [3.63, 3.8) is 0 Å². The molecule has 0 aliphatic carbocycles. The predicted molar refractivity (Wildman–Crippen MR) is 126 cm³/mol. The van der Waals surface area contributed by atoms with Crippen LogP contribution < -0.4 is 25.1 Å². The first kappa shape index (κ1) is 22.7. The van der Waals surface area contributed by atoms with Gasteiger partial charge < -0.3 is 19.5 Å². The van der Waals surface area contributed by atoms with Crippen LogP contribution in [0.2, 0.25) is 0 Å². The monoisotopic (exact) mass is 497 g/mol. The zero-order valence-corrected chi connectivity index (χ0v) is 18.8. The number of ether oxygens (including phenoxy) is 3. The van der Waals surface area contributed by atoms with Gasteiger partial charge in [-0.25, -0.2) is 4.98 Å². The molecule has 0 atom stereocenters. The molecule has 4 aromatic rings. The van der Waals surface area contributed by atoms with E-state index in [9.17, 15) is 18.4 Å². The summed E-state index contributed by atoms with van der Waals surface area (Å²) in [6.07, 6.45) is 0. The van der Waals surface area contributed by atoms with Crippen LogP contribution in [0.1, 0.15) is 0 Å². The highest BCUT2D eigenvalue weighted by atomic mass is 32.2. The van der Waals surface area contributed by atoms with E-state index < -0.39 is 6.61 Å². The summed E-state index contributed by atoms with van der Waals surface area (Å²) in [6, 6.07) is 17.5. The van der Waals surface area contributed by atoms with Gasteiger partial charge >= 0.3 is 6.61 Å². The van der Waals surface area contributed by atoms with Crippen molar-refractivity contribution in [2.75, 3.05) is 17.9 Å². The van der Waals surface area contributed by atoms with Gasteiger partial charge in [0, 0.05) is 11.8 Å². The SMILES string of the molecule is O=C(CSc1nc2ccccc2c(=O)n1-c1ccc(OC(F)F)cc1)Nc1ccc2c(c1)OCO2. The summed E-state index contributed by atoms with van der Waals surface area (Å²) in [5.41, 5.74) is 1.06. The van der Waals surface area contributed by atoms with E-state index in [1.54, 1.807) is 42.5 Å². The zero-order chi connectivity index (χ0) is 24.4. The number of para-hydroxylation sites is 1. The molecule has 1 aliphatic heterocycles. The van der Waals surface area contributed by atoms with Crippen molar-refractivity contribution in [1.82, 2.24) is 9.55 Å². The van der Waals surface area contributed by atoms with Crippen LogP contribution in [-0.4, -0.2) is 34.6 Å². The molecule has 3 aromatic carbocycles. The number of benzene rings is 3. The van der Waals surface area contributed by atoms with Crippen LogP contribution in [0.4, 0.5) is 14.5 Å². The van der Waals surface area contributed by atoms with Crippen LogP contribution in [0.3, 0.4) is 0 Å². The number of carbonyl (C=O) groups excluding carboxylic acids is 1. The van der Waals surface area contributed by atoms with Gasteiger partial charge in [0.25, 0.3) is 5.56 Å². The maximum atomic E-state index is 13.3. The molecule has 35 heavy (non-hydrogen) atoms. The van der Waals surface area contributed by atoms with Gasteiger partial charge in [-0.15, -0.1) is 0 Å². The summed E-state index contributed by atoms with van der Waals surface area (Å²) in [5.74, 6) is 0.754. The highest BCUT2D eigenvalue weighted by Gasteiger charge is 2.17. The van der Waals surface area contributed by atoms with Crippen LogP contribution in [0.5, 0.6) is 17.2 Å². The number of hydrogen-bond donors (Lipinski definition) is 1. The van der Waals surface area contributed by atoms with E-state index in [0.717, 1.165) is 11.8 Å². The van der Waals surface area contributed by atoms with Crippen molar-refractivity contribution in [1.29, 1.82) is 0 Å². The highest BCUT2D eigenvalue weighted by Crippen LogP contribution is 2.34. The summed E-state index contributed by atoms with van der Waals surface area (Å²) < 4.78 is 41.3. The molecule has 1 aromatic heterocycles. The quantitative estimate of drug-likeness (QED) is 0.298. The van der Waals surface area contributed by atoms with Gasteiger partial charge in [-0.2, -0.15) is 8.78 Å². The van der Waals surface area contributed by atoms with Crippen molar-refractivity contribution in [3.8, 4) is 22.9 Å². The predicted octanol–water partition coefficient (Wildman–Crippen LogP) is 4.45. The largest absolute Gasteiger partial charge is 0.454 e. The van der Waals surface area contributed by atoms with Gasteiger partial charge in [-0.3, -0.25) is 14.2 Å². The minimum atomic E-state index is -2.96. The zero-order valence-electron chi connectivity index (χ0n) is 17.9. The Hall–Kier alpha value is -4.12. The molecule has 5 rings (SSSR count). The maximum Gasteiger partial charge on any atom is 0.387 e. The Morgan fingerprint density at radius 3 is 2.66 bits per heavy atom. The van der Waals surface area contributed by atoms with Gasteiger partial charge in [0.05, 0.1) is 22.3 Å². The van der Waals surface area contributed by atoms with E-state index in [0.29, 0.717) is 33.8 Å². The molecule has 0 spiro atoms. The third-order valence-electron chi connectivity index (χ3n) is 5.05. The van der Waals surface area contributed by atoms with E-state index in [1.165, 1.54) is 28.8 Å². The van der Waals surface area contributed by atoms with Crippen LogP contribution in [0.15, 0.2) is 76.7 Å². The summed E-state index contributed by atoms with van der Waals surface area (Å²) in [6.45, 7) is -2.83. The van der Waals surface area contributed by atoms with Crippen LogP contribution >= 0.6 is 11.8 Å². The van der Waals surface area contributed by atoms with Crippen LogP contribution in [0, 0.1) is 0 Å². The lowest BCUT2D eigenvalue weighted by molar-refractivity contribution is -0.113. The van der Waals surface area contributed by atoms with Crippen molar-refractivity contribution < 1.29 is 27.8 Å². The number of amides is 1. The molecule has 0 fully saturated rings. The molecule has 1 N–H and O–H groups in total. The first-order valence-corrected chi connectivity index (χ1v) is 11.4. The Balaban J connectivity index is 1.41. The molecular formula is C24H17F2N3O5S. The lowest BCUT2D eigenvalue weighted by atomic mass is 10.2. The number of carbonyl (C=O) groups is 1. The summed E-state index contributed by atoms with van der Waals surface area (Å²) in [4.78, 5) is 30.5. The van der Waals surface area contributed by atoms with E-state index in [1.807, 2.05) is 0 Å². The maximum absolute atomic E-state index is 13.3. The summed E-state index contributed by atoms with van der Waals surface area (Å²) >= 11 is 1.07. The summed E-state index contributed by atoms with van der Waals surface area (Å²) in [5, 5.41) is 3.44. The Morgan fingerprint density at radius 2 is 1.86 bits per heavy atom. The number of halogens is 2. The second-order valence-electron chi connectivity index (χ2n) is 7.33. The van der Waals surface area contributed by atoms with Gasteiger partial charge in [0.15, 0.2) is 16.7 Å². The number of nitrogens with zero attached hydrogens (tertiary/aromatic N) is 2. The number of alkyl halides is 2. The standard InChI is InChI=1S/C24H17F2N3O5S/c25-23(26)34-16-8-6-15(7-9-16)29-22(31)17-3-1-2-4-18(17)28-24(29)35-12-21(30)27-14-5-10-19-20(11-14)33-13-32-19/h1-11,23H,12-13H2,(H,27,30). The second kappa shape index (κ2) is 9.63. The molecule has 0 bridgehead atoms. The molecule has 0 unspecified atom stereocenters. The number of nitrogens with one attached hydrogen (secondary N) is 1. The normalized spacial score (nSPS) is 12.2. The molecule has 8 nitrogen and oxygen atoms in total. The minimum Gasteiger partial charge on any atom is -0.454 e. The molecule has 1 amide bonds. The number of hydrogen-bond acceptors (Lipinski definition) is 7. The minimum absolute atomic E-state index is 0.0359. The molecule has 2 heterocycles. The van der Waals surface area contributed by atoms with Gasteiger partial charge in [-0.05, 0) is 48.5 Å². The number of aromatic nitrogens is 2. The average molecular weight is 497 g/mol. The van der Waals surface area contributed by atoms with Crippen molar-refractivity contribution in [2.24, 2.45) is 0 Å². The van der Waals surface area contributed by atoms with E-state index in [2.05, 4.69) is 15.0 Å². The number of rotatable bonds is 7. The molecular weight excluding hydrogens is 480 g/mol. The smallest absolute Gasteiger partial charge is 0.387 e. The molecule has 11 heteroatoms. The number of fused-ring (bicyclic) bond motifs is 2. The second-order valence-corrected chi connectivity index (χ2v) is 8.27. The van der Waals surface area contributed by atoms with Gasteiger partial charge in [0.1, 0.15) is 5.75 Å². The topological polar surface area (TPSA) is 91.7 Å². The lowest BCUT2D eigenvalue weighted by Gasteiger charge is -2.14. The van der Waals surface area contributed by atoms with Crippen LogP contribution in [0.25, 0.3) is 16.6 Å². The van der Waals surface area contributed by atoms with Gasteiger partial charge in [-0.1, -0.05) is 23.9 Å². The molecule has 0 saturated heterocycles. The van der Waals surface area contributed by atoms with E-state index in [-0.39, 0.29) is 34.9 Å². The molecule has 0 saturated carbocycles. The molecule has 178 valence electrons. The number of anilines is 1. The summed E-state index contributed by atoms with van der Waals surface area (Å²) in [7, 11) is 0.